The van der Waals surface area contributed by atoms with E-state index in [9.17, 15) is 19.5 Å². The third-order valence-corrected chi connectivity index (χ3v) is 4.95. The van der Waals surface area contributed by atoms with Crippen LogP contribution in [0.1, 0.15) is 79.3 Å². The molecule has 8 nitrogen and oxygen atoms in total. The molecule has 186 valence electrons. The zero-order chi connectivity index (χ0) is 25.2. The maximum atomic E-state index is 13.7. The summed E-state index contributed by atoms with van der Waals surface area (Å²) in [5.74, 6) is -0.811. The van der Waals surface area contributed by atoms with Crippen LogP contribution in [0, 0.1) is 5.92 Å². The molecule has 1 aromatic rings. The summed E-state index contributed by atoms with van der Waals surface area (Å²) in [6.07, 6.45) is 1.70. The van der Waals surface area contributed by atoms with Gasteiger partial charge >= 0.3 is 6.09 Å². The number of amides is 3. The standard InChI is InChI=1S/C25H41N3O5/c1-8-10-15-26-22(30)21(18-11-13-19(29)14-12-18)28(16-9-2)23(31)20(17(3)4)27-24(32)33-25(5,6)7/h11-14,17,20-21,29H,8-10,15-16H2,1-7H3,(H,26,30)(H,27,32). The van der Waals surface area contributed by atoms with Crippen molar-refractivity contribution in [3.05, 3.63) is 29.8 Å². The van der Waals surface area contributed by atoms with Gasteiger partial charge < -0.3 is 25.4 Å². The Kier molecular flexibility index (Phi) is 11.2. The zero-order valence-corrected chi connectivity index (χ0v) is 21.1. The number of ether oxygens (including phenoxy) is 1. The summed E-state index contributed by atoms with van der Waals surface area (Å²) < 4.78 is 5.35. The van der Waals surface area contributed by atoms with Crippen molar-refractivity contribution in [1.82, 2.24) is 15.5 Å². The predicted molar refractivity (Wildman–Crippen MR) is 129 cm³/mol. The molecule has 0 saturated carbocycles. The van der Waals surface area contributed by atoms with Crippen molar-refractivity contribution in [2.75, 3.05) is 13.1 Å². The molecule has 3 N–H and O–H groups in total. The van der Waals surface area contributed by atoms with Crippen molar-refractivity contribution in [2.45, 2.75) is 85.4 Å². The number of hydrogen-bond donors (Lipinski definition) is 3. The quantitative estimate of drug-likeness (QED) is 0.428. The van der Waals surface area contributed by atoms with Crippen LogP contribution in [-0.4, -0.2) is 52.6 Å². The summed E-state index contributed by atoms with van der Waals surface area (Å²) in [5.41, 5.74) is -0.116. The first-order valence-corrected chi connectivity index (χ1v) is 11.8. The summed E-state index contributed by atoms with van der Waals surface area (Å²) >= 11 is 0. The number of carbonyl (C=O) groups excluding carboxylic acids is 3. The number of benzene rings is 1. The molecule has 33 heavy (non-hydrogen) atoms. The molecule has 2 atom stereocenters. The SMILES string of the molecule is CCCCNC(=O)C(c1ccc(O)cc1)N(CCC)C(=O)C(NC(=O)OC(C)(C)C)C(C)C. The molecule has 0 bridgehead atoms. The molecule has 3 amide bonds. The van der Waals surface area contributed by atoms with Crippen LogP contribution in [0.2, 0.25) is 0 Å². The van der Waals surface area contributed by atoms with E-state index in [1.54, 1.807) is 32.9 Å². The lowest BCUT2D eigenvalue weighted by molar-refractivity contribution is -0.143. The molecule has 0 aromatic heterocycles. The number of nitrogens with one attached hydrogen (secondary N) is 2. The van der Waals surface area contributed by atoms with Gasteiger partial charge in [-0.05, 0) is 57.2 Å². The first-order chi connectivity index (χ1) is 15.4. The number of alkyl carbamates (subject to hydrolysis) is 1. The molecule has 2 unspecified atom stereocenters. The fourth-order valence-corrected chi connectivity index (χ4v) is 3.35. The average Bonchev–Trinajstić information content (AvgIpc) is 2.71. The minimum absolute atomic E-state index is 0.0731. The van der Waals surface area contributed by atoms with Crippen molar-refractivity contribution in [3.63, 3.8) is 0 Å². The molecule has 0 saturated heterocycles. The van der Waals surface area contributed by atoms with Crippen LogP contribution in [0.3, 0.4) is 0 Å². The van der Waals surface area contributed by atoms with E-state index in [0.717, 1.165) is 12.8 Å². The Labute approximate surface area is 198 Å². The van der Waals surface area contributed by atoms with Crippen LogP contribution in [-0.2, 0) is 14.3 Å². The van der Waals surface area contributed by atoms with Gasteiger partial charge in [0.25, 0.3) is 0 Å². The second-order valence-corrected chi connectivity index (χ2v) is 9.54. The second-order valence-electron chi connectivity index (χ2n) is 9.54. The number of nitrogens with zero attached hydrogens (tertiary/aromatic N) is 1. The summed E-state index contributed by atoms with van der Waals surface area (Å²) in [4.78, 5) is 40.9. The molecule has 0 aliphatic heterocycles. The van der Waals surface area contributed by atoms with Crippen LogP contribution in [0.25, 0.3) is 0 Å². The Morgan fingerprint density at radius 1 is 1.06 bits per heavy atom. The molecule has 1 aromatic carbocycles. The summed E-state index contributed by atoms with van der Waals surface area (Å²) in [7, 11) is 0. The van der Waals surface area contributed by atoms with Gasteiger partial charge in [0.2, 0.25) is 11.8 Å². The minimum atomic E-state index is -0.892. The molecule has 0 aliphatic rings. The fraction of sp³-hybridized carbons (Fsp3) is 0.640. The highest BCUT2D eigenvalue weighted by Gasteiger charge is 2.37. The third kappa shape index (κ3) is 9.32. The lowest BCUT2D eigenvalue weighted by Gasteiger charge is -2.35. The van der Waals surface area contributed by atoms with E-state index in [0.29, 0.717) is 25.1 Å². The van der Waals surface area contributed by atoms with Crippen LogP contribution in [0.4, 0.5) is 4.79 Å². The minimum Gasteiger partial charge on any atom is -0.508 e. The summed E-state index contributed by atoms with van der Waals surface area (Å²) in [6, 6.07) is 4.51. The number of unbranched alkanes of at least 4 members (excludes halogenated alkanes) is 1. The van der Waals surface area contributed by atoms with E-state index < -0.39 is 23.8 Å². The lowest BCUT2D eigenvalue weighted by Crippen LogP contribution is -2.55. The fourth-order valence-electron chi connectivity index (χ4n) is 3.35. The molecular weight excluding hydrogens is 422 g/mol. The van der Waals surface area contributed by atoms with Gasteiger partial charge in [-0.1, -0.05) is 46.2 Å². The van der Waals surface area contributed by atoms with E-state index in [-0.39, 0.29) is 23.5 Å². The number of aromatic hydroxyl groups is 1. The highest BCUT2D eigenvalue weighted by molar-refractivity contribution is 5.92. The Morgan fingerprint density at radius 3 is 2.15 bits per heavy atom. The number of phenolic OH excluding ortho intramolecular Hbond substituents is 1. The predicted octanol–water partition coefficient (Wildman–Crippen LogP) is 4.14. The van der Waals surface area contributed by atoms with Gasteiger partial charge in [0.15, 0.2) is 0 Å². The van der Waals surface area contributed by atoms with Gasteiger partial charge in [-0.2, -0.15) is 0 Å². The van der Waals surface area contributed by atoms with Crippen LogP contribution >= 0.6 is 0 Å². The van der Waals surface area contributed by atoms with Crippen molar-refractivity contribution in [3.8, 4) is 5.75 Å². The Morgan fingerprint density at radius 2 is 1.67 bits per heavy atom. The number of hydrogen-bond acceptors (Lipinski definition) is 5. The van der Waals surface area contributed by atoms with Crippen LogP contribution in [0.15, 0.2) is 24.3 Å². The molecular formula is C25H41N3O5. The smallest absolute Gasteiger partial charge is 0.408 e. The molecule has 1 rings (SSSR count). The average molecular weight is 464 g/mol. The monoisotopic (exact) mass is 463 g/mol. The molecule has 0 radical (unpaired) electrons. The highest BCUT2D eigenvalue weighted by Crippen LogP contribution is 2.26. The van der Waals surface area contributed by atoms with Crippen LogP contribution in [0.5, 0.6) is 5.75 Å². The third-order valence-electron chi connectivity index (χ3n) is 4.95. The maximum absolute atomic E-state index is 13.7. The Balaban J connectivity index is 3.32. The van der Waals surface area contributed by atoms with Gasteiger partial charge in [0.1, 0.15) is 23.4 Å². The van der Waals surface area contributed by atoms with Crippen LogP contribution < -0.4 is 10.6 Å². The van der Waals surface area contributed by atoms with Gasteiger partial charge in [0, 0.05) is 13.1 Å². The highest BCUT2D eigenvalue weighted by atomic mass is 16.6. The van der Waals surface area contributed by atoms with E-state index in [1.165, 1.54) is 17.0 Å². The normalized spacial score (nSPS) is 13.2. The number of phenols is 1. The topological polar surface area (TPSA) is 108 Å². The first kappa shape index (κ1) is 28.3. The van der Waals surface area contributed by atoms with E-state index in [2.05, 4.69) is 10.6 Å². The van der Waals surface area contributed by atoms with Crippen molar-refractivity contribution >= 4 is 17.9 Å². The number of carbonyl (C=O) groups is 3. The van der Waals surface area contributed by atoms with Gasteiger partial charge in [-0.15, -0.1) is 0 Å². The van der Waals surface area contributed by atoms with E-state index >= 15 is 0 Å². The lowest BCUT2D eigenvalue weighted by atomic mass is 9.98. The second kappa shape index (κ2) is 13.1. The Bertz CT molecular complexity index is 771. The van der Waals surface area contributed by atoms with Gasteiger partial charge in [-0.25, -0.2) is 4.79 Å². The number of rotatable bonds is 11. The molecule has 0 aliphatic carbocycles. The zero-order valence-electron chi connectivity index (χ0n) is 21.1. The summed E-state index contributed by atoms with van der Waals surface area (Å²) in [6.45, 7) is 13.7. The maximum Gasteiger partial charge on any atom is 0.408 e. The van der Waals surface area contributed by atoms with E-state index in [1.807, 2.05) is 27.7 Å². The van der Waals surface area contributed by atoms with Gasteiger partial charge in [0.05, 0.1) is 0 Å². The Hall–Kier alpha value is -2.77. The van der Waals surface area contributed by atoms with Crippen molar-refractivity contribution in [1.29, 1.82) is 0 Å². The largest absolute Gasteiger partial charge is 0.508 e. The molecule has 0 fully saturated rings. The molecule has 0 spiro atoms. The first-order valence-electron chi connectivity index (χ1n) is 11.8. The molecule has 0 heterocycles. The van der Waals surface area contributed by atoms with E-state index in [4.69, 9.17) is 4.74 Å². The summed E-state index contributed by atoms with van der Waals surface area (Å²) in [5, 5.41) is 15.3. The van der Waals surface area contributed by atoms with Gasteiger partial charge in [-0.3, -0.25) is 9.59 Å². The van der Waals surface area contributed by atoms with Crippen molar-refractivity contribution in [2.24, 2.45) is 5.92 Å². The molecule has 8 heteroatoms. The van der Waals surface area contributed by atoms with Crippen molar-refractivity contribution < 1.29 is 24.2 Å².